The first-order chi connectivity index (χ1) is 6.32. The van der Waals surface area contributed by atoms with E-state index in [2.05, 4.69) is 14.0 Å². The number of alkyl halides is 3. The van der Waals surface area contributed by atoms with Crippen LogP contribution in [0.4, 0.5) is 18.0 Å². The second-order valence-corrected chi connectivity index (χ2v) is 3.59. The zero-order valence-corrected chi connectivity index (χ0v) is 8.25. The summed E-state index contributed by atoms with van der Waals surface area (Å²) in [4.78, 5) is 10.4. The molecule has 0 aromatic heterocycles. The van der Waals surface area contributed by atoms with Crippen LogP contribution < -0.4 is 0 Å². The highest BCUT2D eigenvalue weighted by atomic mass is 31.1. The number of rotatable bonds is 3. The molecule has 0 bridgehead atoms. The Bertz CT molecular complexity index is 228. The average molecular weight is 236 g/mol. The number of ether oxygens (including phenoxy) is 2. The van der Waals surface area contributed by atoms with Crippen molar-refractivity contribution in [2.75, 3.05) is 14.2 Å². The molecule has 0 aromatic carbocycles. The number of carbonyl (C=O) groups excluding carboxylic acids is 1. The van der Waals surface area contributed by atoms with Crippen LogP contribution in [-0.4, -0.2) is 32.4 Å². The lowest BCUT2D eigenvalue weighted by Gasteiger charge is -2.18. The van der Waals surface area contributed by atoms with E-state index < -0.39 is 26.2 Å². The molecule has 84 valence electrons. The predicted molar refractivity (Wildman–Crippen MR) is 39.3 cm³/mol. The molecule has 14 heavy (non-hydrogen) atoms. The Hall–Kier alpha value is -0.750. The maximum Gasteiger partial charge on any atom is 0.509 e. The normalized spacial score (nSPS) is 15.8. The number of hydrogen-bond donors (Lipinski definition) is 0. The Morgan fingerprint density at radius 2 is 1.86 bits per heavy atom. The van der Waals surface area contributed by atoms with Gasteiger partial charge in [0.1, 0.15) is 0 Å². The summed E-state index contributed by atoms with van der Waals surface area (Å²) >= 11 is 0. The van der Waals surface area contributed by atoms with Crippen molar-refractivity contribution >= 4 is 14.2 Å². The van der Waals surface area contributed by atoms with Crippen molar-refractivity contribution < 1.29 is 36.5 Å². The summed E-state index contributed by atoms with van der Waals surface area (Å²) in [5, 5.41) is 0. The van der Waals surface area contributed by atoms with E-state index in [1.165, 1.54) is 0 Å². The van der Waals surface area contributed by atoms with Gasteiger partial charge >= 0.3 is 12.3 Å². The fourth-order valence-electron chi connectivity index (χ4n) is 0.500. The Balaban J connectivity index is 4.58. The summed E-state index contributed by atoms with van der Waals surface area (Å²) < 4.78 is 58.5. The average Bonchev–Trinajstić information content (AvgIpc) is 2.10. The maximum absolute atomic E-state index is 12.1. The molecule has 0 saturated heterocycles. The predicted octanol–water partition coefficient (Wildman–Crippen LogP) is 1.78. The molecular formula is C5H8F3O5P. The highest BCUT2D eigenvalue weighted by Gasteiger charge is 2.47. The van der Waals surface area contributed by atoms with Crippen LogP contribution in [0, 0.1) is 0 Å². The Labute approximate surface area is 78.0 Å². The van der Waals surface area contributed by atoms with Crippen molar-refractivity contribution in [3.63, 3.8) is 0 Å². The van der Waals surface area contributed by atoms with Gasteiger partial charge < -0.3 is 14.0 Å². The fourth-order valence-corrected chi connectivity index (χ4v) is 1.17. The van der Waals surface area contributed by atoms with Gasteiger partial charge in [0.15, 0.2) is 0 Å². The van der Waals surface area contributed by atoms with Gasteiger partial charge in [-0.1, -0.05) is 0 Å². The van der Waals surface area contributed by atoms with Crippen molar-refractivity contribution in [2.24, 2.45) is 0 Å². The number of carbonyl (C=O) groups is 1. The second-order valence-electron chi connectivity index (χ2n) is 2.02. The molecule has 0 aliphatic carbocycles. The van der Waals surface area contributed by atoms with Crippen LogP contribution in [-0.2, 0) is 18.6 Å². The number of methoxy groups -OCH3 is 1. The molecular weight excluding hydrogens is 228 g/mol. The van der Waals surface area contributed by atoms with Crippen LogP contribution in [0.25, 0.3) is 0 Å². The first-order valence-electron chi connectivity index (χ1n) is 3.22. The summed E-state index contributed by atoms with van der Waals surface area (Å²) in [6, 6.07) is 0. The van der Waals surface area contributed by atoms with Gasteiger partial charge in [0.05, 0.1) is 7.11 Å². The molecule has 2 atom stereocenters. The highest BCUT2D eigenvalue weighted by Crippen LogP contribution is 2.40. The van der Waals surface area contributed by atoms with E-state index in [1.54, 1.807) is 0 Å². The molecule has 0 aliphatic heterocycles. The standard InChI is InChI=1S/C5H8F3O5P/c1-11-4(9)13-3(5(6,7)8)14(10)12-2/h3,14H,1-2H3. The monoisotopic (exact) mass is 236 g/mol. The van der Waals surface area contributed by atoms with Gasteiger partial charge in [-0.15, -0.1) is 0 Å². The van der Waals surface area contributed by atoms with E-state index in [-0.39, 0.29) is 0 Å². The van der Waals surface area contributed by atoms with Crippen molar-refractivity contribution in [1.29, 1.82) is 0 Å². The quantitative estimate of drug-likeness (QED) is 0.552. The van der Waals surface area contributed by atoms with Gasteiger partial charge in [0.2, 0.25) is 8.03 Å². The topological polar surface area (TPSA) is 61.8 Å². The number of halogens is 3. The molecule has 9 heteroatoms. The summed E-state index contributed by atoms with van der Waals surface area (Å²) in [5.41, 5.74) is 0. The summed E-state index contributed by atoms with van der Waals surface area (Å²) in [6.45, 7) is 0. The van der Waals surface area contributed by atoms with E-state index >= 15 is 0 Å². The molecule has 0 heterocycles. The lowest BCUT2D eigenvalue weighted by atomic mass is 10.7. The Morgan fingerprint density at radius 1 is 1.36 bits per heavy atom. The third-order valence-electron chi connectivity index (χ3n) is 1.09. The first-order valence-corrected chi connectivity index (χ1v) is 4.61. The maximum atomic E-state index is 12.1. The lowest BCUT2D eigenvalue weighted by molar-refractivity contribution is -0.182. The molecule has 0 aliphatic rings. The van der Waals surface area contributed by atoms with Gasteiger partial charge in [-0.25, -0.2) is 4.79 Å². The minimum absolute atomic E-state index is 0.820. The van der Waals surface area contributed by atoms with Crippen molar-refractivity contribution in [1.82, 2.24) is 0 Å². The van der Waals surface area contributed by atoms with E-state index in [0.717, 1.165) is 14.2 Å². The first kappa shape index (κ1) is 13.2. The highest BCUT2D eigenvalue weighted by molar-refractivity contribution is 7.39. The van der Waals surface area contributed by atoms with Crippen LogP contribution in [0.3, 0.4) is 0 Å². The van der Waals surface area contributed by atoms with Crippen LogP contribution in [0.2, 0.25) is 0 Å². The second kappa shape index (κ2) is 5.21. The molecule has 0 aromatic rings. The van der Waals surface area contributed by atoms with Crippen LogP contribution >= 0.6 is 8.03 Å². The van der Waals surface area contributed by atoms with Gasteiger partial charge in [-0.05, 0) is 0 Å². The van der Waals surface area contributed by atoms with Gasteiger partial charge in [-0.2, -0.15) is 13.2 Å². The Kier molecular flexibility index (Phi) is 4.93. The van der Waals surface area contributed by atoms with Gasteiger partial charge in [0.25, 0.3) is 5.85 Å². The molecule has 0 fully saturated rings. The fraction of sp³-hybridized carbons (Fsp3) is 0.800. The van der Waals surface area contributed by atoms with E-state index in [0.29, 0.717) is 0 Å². The minimum Gasteiger partial charge on any atom is -0.438 e. The van der Waals surface area contributed by atoms with Crippen molar-refractivity contribution in [3.05, 3.63) is 0 Å². The molecule has 5 nitrogen and oxygen atoms in total. The minimum atomic E-state index is -4.94. The lowest BCUT2D eigenvalue weighted by Crippen LogP contribution is -2.31. The van der Waals surface area contributed by atoms with Crippen molar-refractivity contribution in [2.45, 2.75) is 12.0 Å². The van der Waals surface area contributed by atoms with Crippen LogP contribution in [0.1, 0.15) is 0 Å². The van der Waals surface area contributed by atoms with E-state index in [9.17, 15) is 22.5 Å². The molecule has 0 spiro atoms. The molecule has 2 unspecified atom stereocenters. The number of hydrogen-bond acceptors (Lipinski definition) is 5. The van der Waals surface area contributed by atoms with E-state index in [4.69, 9.17) is 0 Å². The third kappa shape index (κ3) is 3.97. The molecule has 0 amide bonds. The Morgan fingerprint density at radius 3 is 2.14 bits per heavy atom. The summed E-state index contributed by atoms with van der Waals surface area (Å²) in [7, 11) is -1.87. The van der Waals surface area contributed by atoms with Crippen LogP contribution in [0.5, 0.6) is 0 Å². The van der Waals surface area contributed by atoms with E-state index in [1.807, 2.05) is 0 Å². The smallest absolute Gasteiger partial charge is 0.438 e. The van der Waals surface area contributed by atoms with Crippen LogP contribution in [0.15, 0.2) is 0 Å². The molecule has 0 N–H and O–H groups in total. The molecule has 0 rings (SSSR count). The van der Waals surface area contributed by atoms with Gasteiger partial charge in [-0.3, -0.25) is 4.57 Å². The van der Waals surface area contributed by atoms with Gasteiger partial charge in [0, 0.05) is 7.11 Å². The zero-order chi connectivity index (χ0) is 11.4. The summed E-state index contributed by atoms with van der Waals surface area (Å²) in [5.74, 6) is -2.77. The summed E-state index contributed by atoms with van der Waals surface area (Å²) in [6.07, 6.45) is -6.51. The molecule has 0 radical (unpaired) electrons. The SMILES string of the molecule is COC(=O)OC([PH](=O)OC)C(F)(F)F. The van der Waals surface area contributed by atoms with Crippen molar-refractivity contribution in [3.8, 4) is 0 Å². The third-order valence-corrected chi connectivity index (χ3v) is 2.37. The molecule has 0 saturated carbocycles. The largest absolute Gasteiger partial charge is 0.509 e. The zero-order valence-electron chi connectivity index (χ0n) is 7.25.